The summed E-state index contributed by atoms with van der Waals surface area (Å²) < 4.78 is 7.72. The Morgan fingerprint density at radius 3 is 2.96 bits per heavy atom. The molecule has 0 aliphatic carbocycles. The molecule has 3 heterocycles. The smallest absolute Gasteiger partial charge is 0.261 e. The van der Waals surface area contributed by atoms with E-state index in [2.05, 4.69) is 39.1 Å². The van der Waals surface area contributed by atoms with E-state index in [4.69, 9.17) is 4.74 Å². The number of rotatable bonds is 4. The highest BCUT2D eigenvalue weighted by Crippen LogP contribution is 2.12. The molecule has 1 aliphatic heterocycles. The van der Waals surface area contributed by atoms with Crippen LogP contribution in [0, 0.1) is 0 Å². The third kappa shape index (κ3) is 3.81. The molecule has 0 radical (unpaired) electrons. The van der Waals surface area contributed by atoms with Gasteiger partial charge in [-0.2, -0.15) is 0 Å². The minimum Gasteiger partial charge on any atom is -0.375 e. The molecule has 0 spiro atoms. The summed E-state index contributed by atoms with van der Waals surface area (Å²) in [4.78, 5) is 23.2. The van der Waals surface area contributed by atoms with E-state index >= 15 is 0 Å². The number of pyridine rings is 1. The highest BCUT2D eigenvalue weighted by molar-refractivity contribution is 5.75. The molecule has 0 N–H and O–H groups in total. The molecule has 1 saturated heterocycles. The standard InChI is InChI=1S/C20H22N4O2/c25-20-18-11-21-15-22-19(18)7-9-24(20)14-17-13-23(8-4-10-26-17)12-16-5-2-1-3-6-16/h1-3,5-7,9,11,15,17H,4,8,10,12-14H2. The number of ether oxygens (including phenoxy) is 1. The van der Waals surface area contributed by atoms with Gasteiger partial charge in [0.2, 0.25) is 0 Å². The van der Waals surface area contributed by atoms with Gasteiger partial charge in [-0.3, -0.25) is 9.69 Å². The van der Waals surface area contributed by atoms with Crippen LogP contribution in [0.1, 0.15) is 12.0 Å². The zero-order valence-corrected chi connectivity index (χ0v) is 14.6. The predicted molar refractivity (Wildman–Crippen MR) is 99.9 cm³/mol. The van der Waals surface area contributed by atoms with E-state index in [-0.39, 0.29) is 11.7 Å². The highest BCUT2D eigenvalue weighted by atomic mass is 16.5. The fourth-order valence-corrected chi connectivity index (χ4v) is 3.45. The summed E-state index contributed by atoms with van der Waals surface area (Å²) in [5, 5.41) is 0.546. The Morgan fingerprint density at radius 2 is 2.08 bits per heavy atom. The Labute approximate surface area is 152 Å². The van der Waals surface area contributed by atoms with Gasteiger partial charge in [-0.05, 0) is 18.1 Å². The van der Waals surface area contributed by atoms with Crippen LogP contribution < -0.4 is 5.56 Å². The van der Waals surface area contributed by atoms with Crippen LogP contribution in [0.4, 0.5) is 0 Å². The third-order valence-electron chi connectivity index (χ3n) is 4.73. The Kier molecular flexibility index (Phi) is 5.04. The first kappa shape index (κ1) is 16.9. The van der Waals surface area contributed by atoms with Gasteiger partial charge in [-0.25, -0.2) is 9.97 Å². The average Bonchev–Trinajstić information content (AvgIpc) is 2.90. The second-order valence-electron chi connectivity index (χ2n) is 6.66. The molecule has 0 amide bonds. The average molecular weight is 350 g/mol. The topological polar surface area (TPSA) is 60.2 Å². The van der Waals surface area contributed by atoms with Crippen molar-refractivity contribution in [1.29, 1.82) is 0 Å². The fourth-order valence-electron chi connectivity index (χ4n) is 3.45. The van der Waals surface area contributed by atoms with Gasteiger partial charge in [0.05, 0.1) is 23.6 Å². The minimum atomic E-state index is -0.0643. The summed E-state index contributed by atoms with van der Waals surface area (Å²) in [6, 6.07) is 12.3. The lowest BCUT2D eigenvalue weighted by Crippen LogP contribution is -2.36. The summed E-state index contributed by atoms with van der Waals surface area (Å²) in [6.07, 6.45) is 5.83. The maximum atomic E-state index is 12.7. The first-order chi connectivity index (χ1) is 12.8. The van der Waals surface area contributed by atoms with Crippen molar-refractivity contribution in [2.24, 2.45) is 0 Å². The van der Waals surface area contributed by atoms with E-state index < -0.39 is 0 Å². The van der Waals surface area contributed by atoms with Crippen molar-refractivity contribution in [2.45, 2.75) is 25.6 Å². The molecule has 0 saturated carbocycles. The number of nitrogens with zero attached hydrogens (tertiary/aromatic N) is 4. The van der Waals surface area contributed by atoms with Gasteiger partial charge in [-0.1, -0.05) is 30.3 Å². The van der Waals surface area contributed by atoms with E-state index in [1.807, 2.05) is 12.1 Å². The maximum absolute atomic E-state index is 12.7. The molecule has 6 nitrogen and oxygen atoms in total. The van der Waals surface area contributed by atoms with E-state index in [0.717, 1.165) is 32.7 Å². The quantitative estimate of drug-likeness (QED) is 0.721. The molecule has 1 atom stereocenters. The zero-order valence-electron chi connectivity index (χ0n) is 14.6. The molecule has 3 aromatic rings. The van der Waals surface area contributed by atoms with Crippen molar-refractivity contribution in [3.63, 3.8) is 0 Å². The third-order valence-corrected chi connectivity index (χ3v) is 4.73. The van der Waals surface area contributed by atoms with Crippen molar-refractivity contribution < 1.29 is 4.74 Å². The Balaban J connectivity index is 1.50. The molecule has 134 valence electrons. The van der Waals surface area contributed by atoms with Crippen molar-refractivity contribution >= 4 is 10.9 Å². The van der Waals surface area contributed by atoms with Gasteiger partial charge in [0.1, 0.15) is 6.33 Å². The van der Waals surface area contributed by atoms with E-state index in [9.17, 15) is 4.79 Å². The Hall–Kier alpha value is -2.57. The largest absolute Gasteiger partial charge is 0.375 e. The van der Waals surface area contributed by atoms with Crippen molar-refractivity contribution in [2.75, 3.05) is 19.7 Å². The molecular formula is C20H22N4O2. The fraction of sp³-hybridized carbons (Fsp3) is 0.350. The number of aromatic nitrogens is 3. The molecule has 1 aliphatic rings. The molecule has 6 heteroatoms. The molecule has 0 bridgehead atoms. The molecular weight excluding hydrogens is 328 g/mol. The summed E-state index contributed by atoms with van der Waals surface area (Å²) in [7, 11) is 0. The van der Waals surface area contributed by atoms with Gasteiger partial charge in [-0.15, -0.1) is 0 Å². The monoisotopic (exact) mass is 350 g/mol. The van der Waals surface area contributed by atoms with E-state index in [0.29, 0.717) is 17.4 Å². The van der Waals surface area contributed by atoms with Crippen LogP contribution in [0.2, 0.25) is 0 Å². The SMILES string of the molecule is O=c1c2cncnc2ccn1CC1CN(Cc2ccccc2)CCCO1. The van der Waals surface area contributed by atoms with Gasteiger partial charge in [0.25, 0.3) is 5.56 Å². The van der Waals surface area contributed by atoms with Gasteiger partial charge in [0.15, 0.2) is 0 Å². The lowest BCUT2D eigenvalue weighted by atomic mass is 10.2. The molecule has 1 unspecified atom stereocenters. The summed E-state index contributed by atoms with van der Waals surface area (Å²) in [5.74, 6) is 0. The van der Waals surface area contributed by atoms with Crippen LogP contribution in [-0.2, 0) is 17.8 Å². The number of hydrogen-bond donors (Lipinski definition) is 0. The first-order valence-corrected chi connectivity index (χ1v) is 8.96. The number of hydrogen-bond acceptors (Lipinski definition) is 5. The minimum absolute atomic E-state index is 0.0130. The molecule has 26 heavy (non-hydrogen) atoms. The number of fused-ring (bicyclic) bond motifs is 1. The molecule has 1 fully saturated rings. The van der Waals surface area contributed by atoms with Gasteiger partial charge >= 0.3 is 0 Å². The number of benzene rings is 1. The molecule has 1 aromatic carbocycles. The molecule has 2 aromatic heterocycles. The summed E-state index contributed by atoms with van der Waals surface area (Å²) in [6.45, 7) is 3.98. The van der Waals surface area contributed by atoms with Crippen LogP contribution in [0.5, 0.6) is 0 Å². The normalized spacial score (nSPS) is 18.7. The van der Waals surface area contributed by atoms with Crippen molar-refractivity contribution in [3.05, 3.63) is 71.0 Å². The van der Waals surface area contributed by atoms with Crippen LogP contribution in [-0.4, -0.2) is 45.2 Å². The van der Waals surface area contributed by atoms with Crippen molar-refractivity contribution in [3.8, 4) is 0 Å². The maximum Gasteiger partial charge on any atom is 0.261 e. The van der Waals surface area contributed by atoms with Crippen molar-refractivity contribution in [1.82, 2.24) is 19.4 Å². The molecule has 4 rings (SSSR count). The second kappa shape index (κ2) is 7.76. The van der Waals surface area contributed by atoms with E-state index in [1.54, 1.807) is 17.0 Å². The predicted octanol–water partition coefficient (Wildman–Crippen LogP) is 2.08. The van der Waals surface area contributed by atoms with Crippen LogP contribution in [0.3, 0.4) is 0 Å². The lowest BCUT2D eigenvalue weighted by Gasteiger charge is -2.24. The van der Waals surface area contributed by atoms with Crippen LogP contribution >= 0.6 is 0 Å². The van der Waals surface area contributed by atoms with Crippen LogP contribution in [0.15, 0.2) is 59.9 Å². The zero-order chi connectivity index (χ0) is 17.8. The summed E-state index contributed by atoms with van der Waals surface area (Å²) >= 11 is 0. The van der Waals surface area contributed by atoms with E-state index in [1.165, 1.54) is 11.9 Å². The summed E-state index contributed by atoms with van der Waals surface area (Å²) in [5.41, 5.74) is 1.91. The lowest BCUT2D eigenvalue weighted by molar-refractivity contribution is 0.0409. The van der Waals surface area contributed by atoms with Gasteiger partial charge < -0.3 is 9.30 Å². The highest BCUT2D eigenvalue weighted by Gasteiger charge is 2.20. The van der Waals surface area contributed by atoms with Crippen LogP contribution in [0.25, 0.3) is 10.9 Å². The second-order valence-corrected chi connectivity index (χ2v) is 6.66. The Morgan fingerprint density at radius 1 is 1.19 bits per heavy atom. The van der Waals surface area contributed by atoms with Gasteiger partial charge in [0, 0.05) is 38.6 Å². The Bertz CT molecular complexity index is 926. The first-order valence-electron chi connectivity index (χ1n) is 8.96.